The van der Waals surface area contributed by atoms with Gasteiger partial charge in [0, 0.05) is 11.8 Å². The van der Waals surface area contributed by atoms with E-state index in [0.717, 1.165) is 43.5 Å². The Hall–Kier alpha value is -1.94. The zero-order chi connectivity index (χ0) is 15.4. The van der Waals surface area contributed by atoms with Gasteiger partial charge in [0.2, 0.25) is 5.88 Å². The summed E-state index contributed by atoms with van der Waals surface area (Å²) in [6.07, 6.45) is 4.65. The van der Waals surface area contributed by atoms with Crippen molar-refractivity contribution in [3.8, 4) is 11.6 Å². The second-order valence-corrected chi connectivity index (χ2v) is 5.63. The molecule has 3 rings (SSSR count). The fourth-order valence-corrected chi connectivity index (χ4v) is 2.96. The van der Waals surface area contributed by atoms with E-state index < -0.39 is 0 Å². The molecule has 0 unspecified atom stereocenters. The number of nitrogens with zero attached hydrogens (tertiary/aromatic N) is 1. The van der Waals surface area contributed by atoms with Crippen LogP contribution in [0.25, 0.3) is 0 Å². The van der Waals surface area contributed by atoms with Crippen molar-refractivity contribution in [3.63, 3.8) is 0 Å². The van der Waals surface area contributed by atoms with E-state index >= 15 is 0 Å². The van der Waals surface area contributed by atoms with Crippen molar-refractivity contribution in [3.05, 3.63) is 53.5 Å². The van der Waals surface area contributed by atoms with Gasteiger partial charge < -0.3 is 10.1 Å². The predicted molar refractivity (Wildman–Crippen MR) is 84.9 cm³/mol. The van der Waals surface area contributed by atoms with Crippen LogP contribution in [0.2, 0.25) is 0 Å². The SMILES string of the molecule is CCc1cc(F)ccc1Oc1ncccc1C1CCNCC1. The van der Waals surface area contributed by atoms with E-state index in [0.29, 0.717) is 17.5 Å². The maximum atomic E-state index is 13.4. The molecule has 2 heterocycles. The Balaban J connectivity index is 1.89. The van der Waals surface area contributed by atoms with Gasteiger partial charge in [-0.15, -0.1) is 0 Å². The summed E-state index contributed by atoms with van der Waals surface area (Å²) in [4.78, 5) is 4.41. The highest BCUT2D eigenvalue weighted by Crippen LogP contribution is 2.34. The van der Waals surface area contributed by atoms with Crippen LogP contribution < -0.4 is 10.1 Å². The van der Waals surface area contributed by atoms with Crippen LogP contribution >= 0.6 is 0 Å². The Morgan fingerprint density at radius 3 is 2.86 bits per heavy atom. The number of piperidine rings is 1. The van der Waals surface area contributed by atoms with Gasteiger partial charge in [-0.05, 0) is 68.1 Å². The summed E-state index contributed by atoms with van der Waals surface area (Å²) in [5.41, 5.74) is 2.01. The van der Waals surface area contributed by atoms with Crippen LogP contribution in [0.5, 0.6) is 11.6 Å². The number of pyridine rings is 1. The highest BCUT2D eigenvalue weighted by Gasteiger charge is 2.20. The van der Waals surface area contributed by atoms with Gasteiger partial charge in [-0.1, -0.05) is 13.0 Å². The zero-order valence-corrected chi connectivity index (χ0v) is 12.8. The highest BCUT2D eigenvalue weighted by molar-refractivity contribution is 5.39. The molecular weight excluding hydrogens is 279 g/mol. The first-order chi connectivity index (χ1) is 10.8. The molecule has 2 aromatic rings. The average Bonchev–Trinajstić information content (AvgIpc) is 2.57. The first kappa shape index (κ1) is 15.0. The monoisotopic (exact) mass is 300 g/mol. The molecule has 0 radical (unpaired) electrons. The fourth-order valence-electron chi connectivity index (χ4n) is 2.96. The Morgan fingerprint density at radius 2 is 2.09 bits per heavy atom. The van der Waals surface area contributed by atoms with Crippen LogP contribution in [-0.4, -0.2) is 18.1 Å². The Morgan fingerprint density at radius 1 is 1.27 bits per heavy atom. The van der Waals surface area contributed by atoms with Crippen LogP contribution in [0.1, 0.15) is 36.8 Å². The molecular formula is C18H21FN2O. The van der Waals surface area contributed by atoms with Crippen LogP contribution in [0, 0.1) is 5.82 Å². The predicted octanol–water partition coefficient (Wildman–Crippen LogP) is 4.04. The topological polar surface area (TPSA) is 34.1 Å². The molecule has 1 N–H and O–H groups in total. The van der Waals surface area contributed by atoms with Gasteiger partial charge in [0.05, 0.1) is 0 Å². The largest absolute Gasteiger partial charge is 0.438 e. The minimum atomic E-state index is -0.233. The fraction of sp³-hybridized carbons (Fsp3) is 0.389. The number of rotatable bonds is 4. The summed E-state index contributed by atoms with van der Waals surface area (Å²) >= 11 is 0. The summed E-state index contributed by atoms with van der Waals surface area (Å²) in [5, 5.41) is 3.38. The van der Waals surface area contributed by atoms with Gasteiger partial charge in [-0.2, -0.15) is 0 Å². The van der Waals surface area contributed by atoms with Gasteiger partial charge in [0.15, 0.2) is 0 Å². The third-order valence-corrected chi connectivity index (χ3v) is 4.19. The third-order valence-electron chi connectivity index (χ3n) is 4.19. The maximum Gasteiger partial charge on any atom is 0.222 e. The second kappa shape index (κ2) is 6.88. The minimum absolute atomic E-state index is 0.233. The van der Waals surface area contributed by atoms with E-state index in [1.165, 1.54) is 12.1 Å². The van der Waals surface area contributed by atoms with Crippen molar-refractivity contribution in [1.29, 1.82) is 0 Å². The van der Waals surface area contributed by atoms with Gasteiger partial charge in [-0.3, -0.25) is 0 Å². The van der Waals surface area contributed by atoms with Gasteiger partial charge in [0.25, 0.3) is 0 Å². The standard InChI is InChI=1S/C18H21FN2O/c1-2-13-12-15(19)5-6-17(13)22-18-16(4-3-9-21-18)14-7-10-20-11-8-14/h3-6,9,12,14,20H,2,7-8,10-11H2,1H3. The minimum Gasteiger partial charge on any atom is -0.438 e. The lowest BCUT2D eigenvalue weighted by atomic mass is 9.91. The number of nitrogens with one attached hydrogen (secondary N) is 1. The van der Waals surface area contributed by atoms with E-state index in [1.54, 1.807) is 12.3 Å². The number of benzene rings is 1. The first-order valence-electron chi connectivity index (χ1n) is 7.90. The lowest BCUT2D eigenvalue weighted by molar-refractivity contribution is 0.416. The summed E-state index contributed by atoms with van der Waals surface area (Å²) in [5.74, 6) is 1.58. The Kier molecular flexibility index (Phi) is 4.68. The lowest BCUT2D eigenvalue weighted by Crippen LogP contribution is -2.26. The molecule has 1 aromatic carbocycles. The van der Waals surface area contributed by atoms with Crippen LogP contribution in [0.15, 0.2) is 36.5 Å². The average molecular weight is 300 g/mol. The molecule has 4 heteroatoms. The van der Waals surface area contributed by atoms with Crippen LogP contribution in [0.4, 0.5) is 4.39 Å². The van der Waals surface area contributed by atoms with Crippen molar-refractivity contribution >= 4 is 0 Å². The highest BCUT2D eigenvalue weighted by atomic mass is 19.1. The maximum absolute atomic E-state index is 13.4. The normalized spacial score (nSPS) is 15.7. The molecule has 3 nitrogen and oxygen atoms in total. The third kappa shape index (κ3) is 3.28. The number of aromatic nitrogens is 1. The molecule has 116 valence electrons. The van der Waals surface area contributed by atoms with E-state index in [4.69, 9.17) is 4.74 Å². The van der Waals surface area contributed by atoms with Crippen molar-refractivity contribution in [1.82, 2.24) is 10.3 Å². The molecule has 0 atom stereocenters. The van der Waals surface area contributed by atoms with Gasteiger partial charge in [0.1, 0.15) is 11.6 Å². The number of ether oxygens (including phenoxy) is 1. The number of halogens is 1. The zero-order valence-electron chi connectivity index (χ0n) is 12.8. The molecule has 0 spiro atoms. The van der Waals surface area contributed by atoms with E-state index in [-0.39, 0.29) is 5.82 Å². The Labute approximate surface area is 130 Å². The number of hydrogen-bond acceptors (Lipinski definition) is 3. The van der Waals surface area contributed by atoms with Crippen molar-refractivity contribution in [2.75, 3.05) is 13.1 Å². The molecule has 22 heavy (non-hydrogen) atoms. The summed E-state index contributed by atoms with van der Waals surface area (Å²) in [6.45, 7) is 4.04. The quantitative estimate of drug-likeness (QED) is 0.925. The van der Waals surface area contributed by atoms with E-state index in [2.05, 4.69) is 16.4 Å². The first-order valence-corrected chi connectivity index (χ1v) is 7.90. The van der Waals surface area contributed by atoms with Crippen LogP contribution in [-0.2, 0) is 6.42 Å². The number of hydrogen-bond donors (Lipinski definition) is 1. The van der Waals surface area contributed by atoms with Gasteiger partial charge in [-0.25, -0.2) is 9.37 Å². The smallest absolute Gasteiger partial charge is 0.222 e. The molecule has 0 aliphatic carbocycles. The van der Waals surface area contributed by atoms with Crippen molar-refractivity contribution in [2.24, 2.45) is 0 Å². The van der Waals surface area contributed by atoms with Gasteiger partial charge >= 0.3 is 0 Å². The molecule has 0 saturated carbocycles. The molecule has 1 aliphatic rings. The molecule has 1 aliphatic heterocycles. The lowest BCUT2D eigenvalue weighted by Gasteiger charge is -2.24. The molecule has 1 saturated heterocycles. The van der Waals surface area contributed by atoms with E-state index in [1.807, 2.05) is 13.0 Å². The van der Waals surface area contributed by atoms with Crippen LogP contribution in [0.3, 0.4) is 0 Å². The summed E-state index contributed by atoms with van der Waals surface area (Å²) < 4.78 is 19.4. The molecule has 0 amide bonds. The molecule has 1 fully saturated rings. The molecule has 1 aromatic heterocycles. The molecule has 0 bridgehead atoms. The van der Waals surface area contributed by atoms with E-state index in [9.17, 15) is 4.39 Å². The summed E-state index contributed by atoms with van der Waals surface area (Å²) in [7, 11) is 0. The number of aryl methyl sites for hydroxylation is 1. The summed E-state index contributed by atoms with van der Waals surface area (Å²) in [6, 6.07) is 8.70. The van der Waals surface area contributed by atoms with Crippen molar-refractivity contribution in [2.45, 2.75) is 32.1 Å². The Bertz CT molecular complexity index is 639. The van der Waals surface area contributed by atoms with Crippen molar-refractivity contribution < 1.29 is 9.13 Å². The second-order valence-electron chi connectivity index (χ2n) is 5.63.